The van der Waals surface area contributed by atoms with E-state index in [2.05, 4.69) is 55.4 Å². The number of hydrogen-bond donors (Lipinski definition) is 3. The van der Waals surface area contributed by atoms with E-state index in [0.717, 1.165) is 31.6 Å². The van der Waals surface area contributed by atoms with Crippen molar-refractivity contribution in [3.05, 3.63) is 0 Å². The lowest BCUT2D eigenvalue weighted by Crippen LogP contribution is -2.26. The molecule has 0 radical (unpaired) electrons. The summed E-state index contributed by atoms with van der Waals surface area (Å²) in [6.07, 6.45) is 3.13. The average molecular weight is 459 g/mol. The molecule has 0 aromatic carbocycles. The summed E-state index contributed by atoms with van der Waals surface area (Å²) in [5, 5.41) is 32.8. The van der Waals surface area contributed by atoms with Gasteiger partial charge in [0.1, 0.15) is 0 Å². The first kappa shape index (κ1) is 20.8. The number of hydrogen-bond acceptors (Lipinski definition) is 8. The second-order valence-electron chi connectivity index (χ2n) is 6.87. The van der Waals surface area contributed by atoms with E-state index in [0.29, 0.717) is 28.6 Å². The van der Waals surface area contributed by atoms with Crippen LogP contribution >= 0.6 is 27.7 Å². The SMILES string of the molecule is CCCCNc1nc(SCCC)nc2c1nnn2C1CC(CO)C(Br)C1O. The van der Waals surface area contributed by atoms with Gasteiger partial charge in [0.05, 0.1) is 12.1 Å². The Hall–Kier alpha value is -0.970. The van der Waals surface area contributed by atoms with Crippen LogP contribution in [0.5, 0.6) is 0 Å². The van der Waals surface area contributed by atoms with Gasteiger partial charge in [-0.3, -0.25) is 0 Å². The number of nitrogens with one attached hydrogen (secondary N) is 1. The first-order valence-corrected chi connectivity index (χ1v) is 11.4. The Bertz CT molecular complexity index is 760. The fourth-order valence-corrected chi connectivity index (χ4v) is 4.72. The number of aliphatic hydroxyl groups is 2. The molecule has 0 aliphatic heterocycles. The molecule has 2 aromatic rings. The number of halogens is 1. The van der Waals surface area contributed by atoms with Gasteiger partial charge in [-0.1, -0.05) is 53.2 Å². The number of aromatic nitrogens is 5. The van der Waals surface area contributed by atoms with Gasteiger partial charge in [0, 0.05) is 23.7 Å². The highest BCUT2D eigenvalue weighted by atomic mass is 79.9. The van der Waals surface area contributed by atoms with Gasteiger partial charge in [-0.2, -0.15) is 0 Å². The molecule has 4 atom stereocenters. The van der Waals surface area contributed by atoms with Gasteiger partial charge in [0.15, 0.2) is 22.1 Å². The second kappa shape index (κ2) is 9.49. The lowest BCUT2D eigenvalue weighted by Gasteiger charge is -2.16. The van der Waals surface area contributed by atoms with E-state index in [-0.39, 0.29) is 23.4 Å². The van der Waals surface area contributed by atoms with E-state index >= 15 is 0 Å². The Morgan fingerprint density at radius 1 is 1.30 bits per heavy atom. The number of fused-ring (bicyclic) bond motifs is 1. The average Bonchev–Trinajstić information content (AvgIpc) is 3.21. The summed E-state index contributed by atoms with van der Waals surface area (Å²) in [5.74, 6) is 1.60. The zero-order valence-electron chi connectivity index (χ0n) is 15.7. The van der Waals surface area contributed by atoms with Crippen molar-refractivity contribution in [3.63, 3.8) is 0 Å². The number of thioether (sulfide) groups is 1. The van der Waals surface area contributed by atoms with Crippen molar-refractivity contribution in [2.75, 3.05) is 24.2 Å². The first-order chi connectivity index (χ1) is 13.1. The third-order valence-corrected chi connectivity index (χ3v) is 7.17. The van der Waals surface area contributed by atoms with Crippen LogP contribution in [0.15, 0.2) is 5.16 Å². The first-order valence-electron chi connectivity index (χ1n) is 9.53. The maximum Gasteiger partial charge on any atom is 0.191 e. The van der Waals surface area contributed by atoms with Gasteiger partial charge in [-0.05, 0) is 25.2 Å². The Balaban J connectivity index is 1.98. The Kier molecular flexibility index (Phi) is 7.29. The topological polar surface area (TPSA) is 109 Å². The van der Waals surface area contributed by atoms with Crippen molar-refractivity contribution in [1.82, 2.24) is 25.0 Å². The lowest BCUT2D eigenvalue weighted by atomic mass is 10.1. The molecule has 3 rings (SSSR count). The van der Waals surface area contributed by atoms with Crippen LogP contribution in [0.4, 0.5) is 5.82 Å². The van der Waals surface area contributed by atoms with E-state index in [1.165, 1.54) is 0 Å². The van der Waals surface area contributed by atoms with Crippen LogP contribution < -0.4 is 5.32 Å². The normalized spacial score (nSPS) is 25.4. The van der Waals surface area contributed by atoms with Gasteiger partial charge >= 0.3 is 0 Å². The van der Waals surface area contributed by atoms with E-state index in [9.17, 15) is 10.2 Å². The van der Waals surface area contributed by atoms with Crippen LogP contribution in [0.3, 0.4) is 0 Å². The second-order valence-corrected chi connectivity index (χ2v) is 8.99. The summed E-state index contributed by atoms with van der Waals surface area (Å²) in [6, 6.07) is -0.279. The minimum absolute atomic E-state index is 0.0204. The van der Waals surface area contributed by atoms with E-state index in [4.69, 9.17) is 0 Å². The van der Waals surface area contributed by atoms with Crippen molar-refractivity contribution in [3.8, 4) is 0 Å². The van der Waals surface area contributed by atoms with Gasteiger partial charge in [-0.25, -0.2) is 14.6 Å². The third kappa shape index (κ3) is 4.38. The summed E-state index contributed by atoms with van der Waals surface area (Å²) in [5.41, 5.74) is 1.25. The number of unbranched alkanes of at least 4 members (excludes halogenated alkanes) is 1. The number of alkyl halides is 1. The molecule has 4 unspecified atom stereocenters. The molecule has 0 bridgehead atoms. The molecular weight excluding hydrogens is 432 g/mol. The fourth-order valence-electron chi connectivity index (χ4n) is 3.29. The highest BCUT2D eigenvalue weighted by molar-refractivity contribution is 9.09. The van der Waals surface area contributed by atoms with Crippen LogP contribution in [0, 0.1) is 5.92 Å². The minimum atomic E-state index is -0.662. The molecular formula is C17H27BrN6O2S. The van der Waals surface area contributed by atoms with E-state index < -0.39 is 6.10 Å². The molecule has 3 N–H and O–H groups in total. The number of anilines is 1. The molecule has 10 heteroatoms. The highest BCUT2D eigenvalue weighted by Gasteiger charge is 2.43. The van der Waals surface area contributed by atoms with Crippen LogP contribution in [-0.2, 0) is 0 Å². The van der Waals surface area contributed by atoms with Crippen LogP contribution in [-0.4, -0.2) is 65.0 Å². The molecule has 1 fully saturated rings. The van der Waals surface area contributed by atoms with Gasteiger partial charge in [0.2, 0.25) is 0 Å². The smallest absolute Gasteiger partial charge is 0.191 e. The van der Waals surface area contributed by atoms with Crippen molar-refractivity contribution < 1.29 is 10.2 Å². The van der Waals surface area contributed by atoms with Crippen molar-refractivity contribution in [1.29, 1.82) is 0 Å². The molecule has 0 saturated heterocycles. The highest BCUT2D eigenvalue weighted by Crippen LogP contribution is 2.40. The van der Waals surface area contributed by atoms with Gasteiger partial charge < -0.3 is 15.5 Å². The summed E-state index contributed by atoms with van der Waals surface area (Å²) in [7, 11) is 0. The Morgan fingerprint density at radius 3 is 2.78 bits per heavy atom. The maximum absolute atomic E-state index is 10.6. The number of aliphatic hydroxyl groups excluding tert-OH is 2. The summed E-state index contributed by atoms with van der Waals surface area (Å²) >= 11 is 5.11. The molecule has 150 valence electrons. The van der Waals surface area contributed by atoms with E-state index in [1.807, 2.05) is 0 Å². The largest absolute Gasteiger partial charge is 0.396 e. The fraction of sp³-hybridized carbons (Fsp3) is 0.765. The van der Waals surface area contributed by atoms with E-state index in [1.54, 1.807) is 16.4 Å². The molecule has 0 amide bonds. The number of rotatable bonds is 9. The molecule has 1 aliphatic carbocycles. The van der Waals surface area contributed by atoms with Crippen LogP contribution in [0.25, 0.3) is 11.2 Å². The Morgan fingerprint density at radius 2 is 2.11 bits per heavy atom. The molecule has 2 aromatic heterocycles. The molecule has 0 spiro atoms. The molecule has 1 aliphatic rings. The summed E-state index contributed by atoms with van der Waals surface area (Å²) < 4.78 is 1.70. The zero-order chi connectivity index (χ0) is 19.4. The van der Waals surface area contributed by atoms with Gasteiger partial charge in [0.25, 0.3) is 0 Å². The monoisotopic (exact) mass is 458 g/mol. The minimum Gasteiger partial charge on any atom is -0.396 e. The predicted molar refractivity (Wildman–Crippen MR) is 110 cm³/mol. The van der Waals surface area contributed by atoms with Gasteiger partial charge in [-0.15, -0.1) is 5.10 Å². The van der Waals surface area contributed by atoms with Crippen molar-refractivity contribution >= 4 is 44.7 Å². The van der Waals surface area contributed by atoms with Crippen molar-refractivity contribution in [2.24, 2.45) is 5.92 Å². The van der Waals surface area contributed by atoms with Crippen LogP contribution in [0.2, 0.25) is 0 Å². The third-order valence-electron chi connectivity index (χ3n) is 4.82. The predicted octanol–water partition coefficient (Wildman–Crippen LogP) is 2.61. The van der Waals surface area contributed by atoms with Crippen LogP contribution in [0.1, 0.15) is 45.6 Å². The standard InChI is InChI=1S/C17H27BrN6O2S/c1-3-5-6-19-15-13-16(21-17(20-15)27-7-4-2)24(23-22-13)11-8-10(9-25)12(18)14(11)26/h10-12,14,25-26H,3-9H2,1-2H3,(H,19,20,21). The summed E-state index contributed by atoms with van der Waals surface area (Å²) in [4.78, 5) is 9.13. The maximum atomic E-state index is 10.6. The number of nitrogens with zero attached hydrogens (tertiary/aromatic N) is 5. The molecule has 1 saturated carbocycles. The molecule has 2 heterocycles. The summed E-state index contributed by atoms with van der Waals surface area (Å²) in [6.45, 7) is 5.10. The molecule has 27 heavy (non-hydrogen) atoms. The lowest BCUT2D eigenvalue weighted by molar-refractivity contribution is 0.133. The molecule has 8 nitrogen and oxygen atoms in total. The quantitative estimate of drug-likeness (QED) is 0.227. The van der Waals surface area contributed by atoms with Crippen molar-refractivity contribution in [2.45, 2.75) is 61.7 Å². The zero-order valence-corrected chi connectivity index (χ0v) is 18.1. The Labute approximate surface area is 171 Å².